The van der Waals surface area contributed by atoms with Crippen molar-refractivity contribution in [3.05, 3.63) is 29.8 Å². The highest BCUT2D eigenvalue weighted by Gasteiger charge is 2.25. The highest BCUT2D eigenvalue weighted by atomic mass is 32.2. The Balaban J connectivity index is 1.91. The lowest BCUT2D eigenvalue weighted by atomic mass is 9.95. The molecule has 6 heteroatoms. The van der Waals surface area contributed by atoms with Crippen LogP contribution in [0.25, 0.3) is 0 Å². The topological polar surface area (TPSA) is 66.5 Å². The van der Waals surface area contributed by atoms with Crippen molar-refractivity contribution in [2.24, 2.45) is 5.92 Å². The highest BCUT2D eigenvalue weighted by molar-refractivity contribution is 7.90. The molecule has 1 heterocycles. The standard InChI is InChI=1S/C18H24N2O3S/c1-4-11-20-12-9-16(10-13-20)18(21)19-14(2)15-5-7-17(8-6-15)24(3,22)23/h1,5-8,14,16H,9-13H2,2-3H3,(H,19,21)/t14-/m1/s1. The van der Waals surface area contributed by atoms with Crippen LogP contribution in [-0.4, -0.2) is 45.1 Å². The van der Waals surface area contributed by atoms with Crippen LogP contribution in [0.3, 0.4) is 0 Å². The third-order valence-electron chi connectivity index (χ3n) is 4.44. The van der Waals surface area contributed by atoms with Crippen molar-refractivity contribution >= 4 is 15.7 Å². The van der Waals surface area contributed by atoms with Gasteiger partial charge in [-0.3, -0.25) is 9.69 Å². The van der Waals surface area contributed by atoms with Gasteiger partial charge in [0.05, 0.1) is 17.5 Å². The fourth-order valence-corrected chi connectivity index (χ4v) is 3.53. The van der Waals surface area contributed by atoms with Crippen molar-refractivity contribution < 1.29 is 13.2 Å². The van der Waals surface area contributed by atoms with E-state index < -0.39 is 9.84 Å². The molecule has 2 rings (SSSR count). The van der Waals surface area contributed by atoms with E-state index >= 15 is 0 Å². The second-order valence-corrected chi connectivity index (χ2v) is 8.34. The summed E-state index contributed by atoms with van der Waals surface area (Å²) in [4.78, 5) is 14.9. The number of hydrogen-bond donors (Lipinski definition) is 1. The summed E-state index contributed by atoms with van der Waals surface area (Å²) >= 11 is 0. The van der Waals surface area contributed by atoms with E-state index in [1.807, 2.05) is 6.92 Å². The van der Waals surface area contributed by atoms with Crippen LogP contribution >= 0.6 is 0 Å². The van der Waals surface area contributed by atoms with Gasteiger partial charge < -0.3 is 5.32 Å². The first-order valence-electron chi connectivity index (χ1n) is 8.07. The van der Waals surface area contributed by atoms with Gasteiger partial charge in [0.15, 0.2) is 9.84 Å². The maximum absolute atomic E-state index is 12.4. The number of piperidine rings is 1. The Hall–Kier alpha value is -1.84. The Morgan fingerprint density at radius 1 is 1.33 bits per heavy atom. The molecule has 0 radical (unpaired) electrons. The molecule has 0 saturated carbocycles. The minimum atomic E-state index is -3.20. The van der Waals surface area contributed by atoms with E-state index in [0.717, 1.165) is 31.5 Å². The van der Waals surface area contributed by atoms with E-state index in [1.54, 1.807) is 24.3 Å². The average Bonchev–Trinajstić information content (AvgIpc) is 2.55. The molecule has 0 bridgehead atoms. The Bertz CT molecular complexity index is 712. The summed E-state index contributed by atoms with van der Waals surface area (Å²) < 4.78 is 23.0. The smallest absolute Gasteiger partial charge is 0.223 e. The quantitative estimate of drug-likeness (QED) is 0.821. The van der Waals surface area contributed by atoms with Crippen molar-refractivity contribution in [1.82, 2.24) is 10.2 Å². The number of amides is 1. The van der Waals surface area contributed by atoms with Gasteiger partial charge in [0.2, 0.25) is 5.91 Å². The van der Waals surface area contributed by atoms with E-state index in [0.29, 0.717) is 6.54 Å². The number of terminal acetylenes is 1. The van der Waals surface area contributed by atoms with Gasteiger partial charge in [-0.15, -0.1) is 6.42 Å². The van der Waals surface area contributed by atoms with Crippen LogP contribution in [0.1, 0.15) is 31.4 Å². The molecule has 0 aromatic heterocycles. The zero-order chi connectivity index (χ0) is 17.7. The van der Waals surface area contributed by atoms with Crippen LogP contribution in [0.2, 0.25) is 0 Å². The number of likely N-dealkylation sites (tertiary alicyclic amines) is 1. The van der Waals surface area contributed by atoms with Crippen molar-refractivity contribution in [3.63, 3.8) is 0 Å². The van der Waals surface area contributed by atoms with Crippen molar-refractivity contribution in [3.8, 4) is 12.3 Å². The molecule has 24 heavy (non-hydrogen) atoms. The second kappa shape index (κ2) is 7.82. The van der Waals surface area contributed by atoms with Gasteiger partial charge in [-0.1, -0.05) is 18.1 Å². The molecule has 0 aliphatic carbocycles. The Labute approximate surface area is 144 Å². The molecular weight excluding hydrogens is 324 g/mol. The first kappa shape index (κ1) is 18.5. The number of nitrogens with zero attached hydrogens (tertiary/aromatic N) is 1. The predicted molar refractivity (Wildman–Crippen MR) is 94.1 cm³/mol. The predicted octanol–water partition coefficient (Wildman–Crippen LogP) is 1.61. The summed E-state index contributed by atoms with van der Waals surface area (Å²) in [7, 11) is -3.20. The van der Waals surface area contributed by atoms with Crippen LogP contribution in [0.4, 0.5) is 0 Å². The molecule has 5 nitrogen and oxygen atoms in total. The number of rotatable bonds is 5. The fourth-order valence-electron chi connectivity index (χ4n) is 2.90. The second-order valence-electron chi connectivity index (χ2n) is 6.33. The summed E-state index contributed by atoms with van der Waals surface area (Å²) in [6.45, 7) is 4.23. The van der Waals surface area contributed by atoms with Gasteiger partial charge >= 0.3 is 0 Å². The molecule has 1 aromatic rings. The number of nitrogens with one attached hydrogen (secondary N) is 1. The number of carbonyl (C=O) groups is 1. The largest absolute Gasteiger partial charge is 0.349 e. The van der Waals surface area contributed by atoms with Crippen molar-refractivity contribution in [2.75, 3.05) is 25.9 Å². The lowest BCUT2D eigenvalue weighted by molar-refractivity contribution is -0.127. The van der Waals surface area contributed by atoms with E-state index in [-0.39, 0.29) is 22.8 Å². The van der Waals surface area contributed by atoms with Crippen LogP contribution < -0.4 is 5.32 Å². The van der Waals surface area contributed by atoms with Gasteiger partial charge in [0, 0.05) is 12.2 Å². The first-order chi connectivity index (χ1) is 11.3. The van der Waals surface area contributed by atoms with Gasteiger partial charge in [-0.2, -0.15) is 0 Å². The minimum absolute atomic E-state index is 0.0109. The van der Waals surface area contributed by atoms with Crippen molar-refractivity contribution in [1.29, 1.82) is 0 Å². The normalized spacial score (nSPS) is 17.9. The van der Waals surface area contributed by atoms with Gasteiger partial charge in [0.25, 0.3) is 0 Å². The molecule has 1 fully saturated rings. The molecule has 1 amide bonds. The molecule has 1 aliphatic rings. The maximum atomic E-state index is 12.4. The average molecular weight is 348 g/mol. The molecule has 1 atom stereocenters. The summed E-state index contributed by atoms with van der Waals surface area (Å²) in [5, 5.41) is 3.02. The molecule has 1 aromatic carbocycles. The van der Waals surface area contributed by atoms with E-state index in [9.17, 15) is 13.2 Å². The third kappa shape index (κ3) is 4.83. The third-order valence-corrected chi connectivity index (χ3v) is 5.57. The molecule has 0 unspecified atom stereocenters. The Morgan fingerprint density at radius 2 is 1.92 bits per heavy atom. The van der Waals surface area contributed by atoms with Gasteiger partial charge in [-0.05, 0) is 50.6 Å². The van der Waals surface area contributed by atoms with Gasteiger partial charge in [0.1, 0.15) is 0 Å². The van der Waals surface area contributed by atoms with E-state index in [4.69, 9.17) is 6.42 Å². The van der Waals surface area contributed by atoms with Crippen molar-refractivity contribution in [2.45, 2.75) is 30.7 Å². The van der Waals surface area contributed by atoms with E-state index in [2.05, 4.69) is 16.1 Å². The zero-order valence-corrected chi connectivity index (χ0v) is 15.0. The first-order valence-corrected chi connectivity index (χ1v) is 9.96. The fraction of sp³-hybridized carbons (Fsp3) is 0.500. The lowest BCUT2D eigenvalue weighted by Gasteiger charge is -2.30. The summed E-state index contributed by atoms with van der Waals surface area (Å²) in [5.41, 5.74) is 0.889. The molecular formula is C18H24N2O3S. The van der Waals surface area contributed by atoms with E-state index in [1.165, 1.54) is 6.26 Å². The molecule has 0 spiro atoms. The molecule has 1 saturated heterocycles. The summed E-state index contributed by atoms with van der Waals surface area (Å²) in [5.74, 6) is 2.69. The van der Waals surface area contributed by atoms with Crippen LogP contribution in [-0.2, 0) is 14.6 Å². The Kier molecular flexibility index (Phi) is 6.03. The molecule has 130 valence electrons. The van der Waals surface area contributed by atoms with Gasteiger partial charge in [-0.25, -0.2) is 8.42 Å². The van der Waals surface area contributed by atoms with Crippen LogP contribution in [0, 0.1) is 18.3 Å². The van der Waals surface area contributed by atoms with Crippen LogP contribution in [0.5, 0.6) is 0 Å². The number of sulfone groups is 1. The SMILES string of the molecule is C#CCN1CCC(C(=O)N[C@H](C)c2ccc(S(C)(=O)=O)cc2)CC1. The number of benzene rings is 1. The maximum Gasteiger partial charge on any atom is 0.223 e. The zero-order valence-electron chi connectivity index (χ0n) is 14.2. The summed E-state index contributed by atoms with van der Waals surface area (Å²) in [6.07, 6.45) is 8.12. The summed E-state index contributed by atoms with van der Waals surface area (Å²) in [6, 6.07) is 6.49. The molecule has 1 N–H and O–H groups in total. The monoisotopic (exact) mass is 348 g/mol. The molecule has 1 aliphatic heterocycles. The Morgan fingerprint density at radius 3 is 2.42 bits per heavy atom. The highest BCUT2D eigenvalue weighted by Crippen LogP contribution is 2.20. The van der Waals surface area contributed by atoms with Crippen LogP contribution in [0.15, 0.2) is 29.2 Å². The lowest BCUT2D eigenvalue weighted by Crippen LogP contribution is -2.41. The number of hydrogen-bond acceptors (Lipinski definition) is 4. The number of carbonyl (C=O) groups excluding carboxylic acids is 1. The minimum Gasteiger partial charge on any atom is -0.349 e.